The van der Waals surface area contributed by atoms with Gasteiger partial charge in [0, 0.05) is 10.3 Å². The highest BCUT2D eigenvalue weighted by Crippen LogP contribution is 2.35. The molecule has 0 aliphatic carbocycles. The Kier molecular flexibility index (Phi) is 5.45. The molecule has 0 aliphatic rings. The van der Waals surface area contributed by atoms with Gasteiger partial charge in [0.1, 0.15) is 11.6 Å². The predicted octanol–water partition coefficient (Wildman–Crippen LogP) is 5.70. The molecule has 0 saturated carbocycles. The zero-order valence-electron chi connectivity index (χ0n) is 14.6. The molecule has 4 rings (SSSR count). The number of nitrogens with zero attached hydrogens (tertiary/aromatic N) is 1. The van der Waals surface area contributed by atoms with Gasteiger partial charge in [0.15, 0.2) is 11.7 Å². The van der Waals surface area contributed by atoms with E-state index < -0.39 is 0 Å². The fraction of sp³-hybridized carbons (Fsp3) is 0.0476. The van der Waals surface area contributed by atoms with Crippen LogP contribution in [-0.4, -0.2) is 17.5 Å². The summed E-state index contributed by atoms with van der Waals surface area (Å²) in [6.45, 7) is -0.0817. The van der Waals surface area contributed by atoms with Gasteiger partial charge in [-0.25, -0.2) is 9.37 Å². The molecule has 1 amide bonds. The molecule has 1 N–H and O–H groups in total. The number of ether oxygens (including phenoxy) is 1. The molecule has 0 aliphatic heterocycles. The van der Waals surface area contributed by atoms with Crippen LogP contribution in [0.4, 0.5) is 9.52 Å². The molecule has 0 radical (unpaired) electrons. The normalized spacial score (nSPS) is 10.6. The minimum Gasteiger partial charge on any atom is -0.484 e. The molecule has 0 atom stereocenters. The third kappa shape index (κ3) is 4.44. The number of anilines is 1. The second-order valence-corrected chi connectivity index (χ2v) is 7.80. The number of thiophene rings is 1. The molecule has 7 heteroatoms. The first-order valence-electron chi connectivity index (χ1n) is 8.47. The van der Waals surface area contributed by atoms with Gasteiger partial charge in [-0.2, -0.15) is 0 Å². The Morgan fingerprint density at radius 2 is 1.86 bits per heavy atom. The molecule has 140 valence electrons. The molecule has 0 fully saturated rings. The summed E-state index contributed by atoms with van der Waals surface area (Å²) in [5, 5.41) is 5.14. The molecule has 28 heavy (non-hydrogen) atoms. The maximum Gasteiger partial charge on any atom is 0.264 e. The van der Waals surface area contributed by atoms with Gasteiger partial charge in [0.2, 0.25) is 0 Å². The van der Waals surface area contributed by atoms with E-state index in [1.54, 1.807) is 18.2 Å². The molecule has 2 aromatic carbocycles. The third-order valence-corrected chi connectivity index (χ3v) is 5.75. The highest BCUT2D eigenvalue weighted by Gasteiger charge is 2.11. The van der Waals surface area contributed by atoms with Crippen LogP contribution in [0.2, 0.25) is 0 Å². The molecule has 4 nitrogen and oxygen atoms in total. The first-order chi connectivity index (χ1) is 13.7. The molecular formula is C21H15FN2O2S2. The van der Waals surface area contributed by atoms with E-state index in [1.807, 2.05) is 41.8 Å². The van der Waals surface area contributed by atoms with Crippen molar-refractivity contribution in [2.45, 2.75) is 0 Å². The third-order valence-electron chi connectivity index (χ3n) is 3.83. The first kappa shape index (κ1) is 18.3. The molecule has 0 spiro atoms. The molecule has 4 aromatic rings. The summed E-state index contributed by atoms with van der Waals surface area (Å²) in [5.74, 6) is 0.112. The lowest BCUT2D eigenvalue weighted by molar-refractivity contribution is -0.118. The Hall–Kier alpha value is -3.03. The molecule has 2 heterocycles. The van der Waals surface area contributed by atoms with Crippen molar-refractivity contribution in [1.29, 1.82) is 0 Å². The minimum absolute atomic E-state index is 0.0817. The molecule has 0 saturated heterocycles. The number of rotatable bonds is 6. The van der Waals surface area contributed by atoms with Gasteiger partial charge in [-0.3, -0.25) is 10.1 Å². The van der Waals surface area contributed by atoms with E-state index in [2.05, 4.69) is 10.3 Å². The highest BCUT2D eigenvalue weighted by atomic mass is 32.1. The van der Waals surface area contributed by atoms with Gasteiger partial charge in [0.05, 0.1) is 10.6 Å². The summed E-state index contributed by atoms with van der Waals surface area (Å²) < 4.78 is 18.9. The van der Waals surface area contributed by atoms with Crippen molar-refractivity contribution in [3.63, 3.8) is 0 Å². The standard InChI is InChI=1S/C21H15FN2O2S2/c22-15-6-4-5-14(11-15)18-9-10-19(28-18)17-13-27-21(23-17)24-20(25)12-26-16-7-2-1-3-8-16/h1-11,13H,12H2,(H,23,24,25). The second-order valence-electron chi connectivity index (χ2n) is 5.86. The molecule has 2 aromatic heterocycles. The zero-order chi connectivity index (χ0) is 19.3. The maximum absolute atomic E-state index is 13.4. The van der Waals surface area contributed by atoms with Crippen molar-refractivity contribution in [2.24, 2.45) is 0 Å². The van der Waals surface area contributed by atoms with Crippen LogP contribution in [-0.2, 0) is 4.79 Å². The highest BCUT2D eigenvalue weighted by molar-refractivity contribution is 7.19. The molecular weight excluding hydrogens is 395 g/mol. The van der Waals surface area contributed by atoms with E-state index in [4.69, 9.17) is 4.74 Å². The SMILES string of the molecule is O=C(COc1ccccc1)Nc1nc(-c2ccc(-c3cccc(F)c3)s2)cs1. The number of nitrogens with one attached hydrogen (secondary N) is 1. The fourth-order valence-electron chi connectivity index (χ4n) is 2.54. The van der Waals surface area contributed by atoms with Crippen LogP contribution in [0.25, 0.3) is 21.0 Å². The van der Waals surface area contributed by atoms with E-state index in [-0.39, 0.29) is 18.3 Å². The van der Waals surface area contributed by atoms with Crippen LogP contribution in [0.15, 0.2) is 72.1 Å². The quantitative estimate of drug-likeness (QED) is 0.444. The number of thiazole rings is 1. The van der Waals surface area contributed by atoms with E-state index >= 15 is 0 Å². The number of hydrogen-bond acceptors (Lipinski definition) is 5. The smallest absolute Gasteiger partial charge is 0.264 e. The summed E-state index contributed by atoms with van der Waals surface area (Å²) in [6, 6.07) is 19.6. The summed E-state index contributed by atoms with van der Waals surface area (Å²) in [5.41, 5.74) is 1.61. The van der Waals surface area contributed by atoms with Crippen LogP contribution in [0.3, 0.4) is 0 Å². The average molecular weight is 410 g/mol. The minimum atomic E-state index is -0.267. The van der Waals surface area contributed by atoms with E-state index in [1.165, 1.54) is 34.8 Å². The first-order valence-corrected chi connectivity index (χ1v) is 10.2. The molecule has 0 bridgehead atoms. The van der Waals surface area contributed by atoms with Crippen molar-refractivity contribution < 1.29 is 13.9 Å². The topological polar surface area (TPSA) is 51.2 Å². The zero-order valence-corrected chi connectivity index (χ0v) is 16.2. The average Bonchev–Trinajstić information content (AvgIpc) is 3.37. The van der Waals surface area contributed by atoms with Crippen molar-refractivity contribution in [2.75, 3.05) is 11.9 Å². The Labute approximate surface area is 169 Å². The van der Waals surface area contributed by atoms with Crippen molar-refractivity contribution in [3.05, 3.63) is 77.9 Å². The van der Waals surface area contributed by atoms with Gasteiger partial charge >= 0.3 is 0 Å². The fourth-order valence-corrected chi connectivity index (χ4v) is 4.30. The largest absolute Gasteiger partial charge is 0.484 e. The summed E-state index contributed by atoms with van der Waals surface area (Å²) in [4.78, 5) is 18.4. The number of benzene rings is 2. The number of carbonyl (C=O) groups is 1. The molecule has 0 unspecified atom stereocenters. The summed E-state index contributed by atoms with van der Waals surface area (Å²) >= 11 is 2.88. The number of hydrogen-bond donors (Lipinski definition) is 1. The lowest BCUT2D eigenvalue weighted by Crippen LogP contribution is -2.19. The van der Waals surface area contributed by atoms with Crippen molar-refractivity contribution in [1.82, 2.24) is 4.98 Å². The van der Waals surface area contributed by atoms with Crippen LogP contribution in [0.5, 0.6) is 5.75 Å². The van der Waals surface area contributed by atoms with Crippen LogP contribution in [0.1, 0.15) is 0 Å². The lowest BCUT2D eigenvalue weighted by atomic mass is 10.2. The number of para-hydroxylation sites is 1. The van der Waals surface area contributed by atoms with Gasteiger partial charge in [0.25, 0.3) is 5.91 Å². The van der Waals surface area contributed by atoms with Gasteiger partial charge in [-0.15, -0.1) is 22.7 Å². The van der Waals surface area contributed by atoms with E-state index in [9.17, 15) is 9.18 Å². The Bertz CT molecular complexity index is 1090. The Balaban J connectivity index is 1.40. The van der Waals surface area contributed by atoms with Gasteiger partial charge < -0.3 is 4.74 Å². The van der Waals surface area contributed by atoms with E-state index in [0.29, 0.717) is 10.9 Å². The lowest BCUT2D eigenvalue weighted by Gasteiger charge is -2.05. The number of aromatic nitrogens is 1. The van der Waals surface area contributed by atoms with Crippen LogP contribution < -0.4 is 10.1 Å². The van der Waals surface area contributed by atoms with Gasteiger partial charge in [-0.05, 0) is 42.0 Å². The summed E-state index contributed by atoms with van der Waals surface area (Å²) in [6.07, 6.45) is 0. The van der Waals surface area contributed by atoms with Crippen molar-refractivity contribution >= 4 is 33.7 Å². The predicted molar refractivity (Wildman–Crippen MR) is 111 cm³/mol. The monoisotopic (exact) mass is 410 g/mol. The van der Waals surface area contributed by atoms with Gasteiger partial charge in [-0.1, -0.05) is 30.3 Å². The Morgan fingerprint density at radius 3 is 2.68 bits per heavy atom. The summed E-state index contributed by atoms with van der Waals surface area (Å²) in [7, 11) is 0. The maximum atomic E-state index is 13.4. The number of amides is 1. The van der Waals surface area contributed by atoms with Crippen molar-refractivity contribution in [3.8, 4) is 26.8 Å². The Morgan fingerprint density at radius 1 is 1.04 bits per heavy atom. The second kappa shape index (κ2) is 8.33. The van der Waals surface area contributed by atoms with Crippen LogP contribution in [0, 0.1) is 5.82 Å². The number of carbonyl (C=O) groups excluding carboxylic acids is 1. The van der Waals surface area contributed by atoms with E-state index in [0.717, 1.165) is 21.0 Å². The van der Waals surface area contributed by atoms with Crippen LogP contribution >= 0.6 is 22.7 Å². The number of halogens is 1.